The molecule has 0 amide bonds. The molecular weight excluding hydrogens is 941 g/mol. The zero-order valence-corrected chi connectivity index (χ0v) is 37.8. The lowest BCUT2D eigenvalue weighted by Gasteiger charge is -2.23. The van der Waals surface area contributed by atoms with Crippen LogP contribution >= 0.6 is 0 Å². The van der Waals surface area contributed by atoms with Gasteiger partial charge >= 0.3 is 6.18 Å². The van der Waals surface area contributed by atoms with Crippen LogP contribution in [0.25, 0.3) is 121 Å². The predicted molar refractivity (Wildman–Crippen MR) is 274 cm³/mol. The molecule has 0 saturated carbocycles. The van der Waals surface area contributed by atoms with E-state index in [9.17, 15) is 4.39 Å². The van der Waals surface area contributed by atoms with Gasteiger partial charge in [0, 0.05) is 60.0 Å². The Morgan fingerprint density at radius 2 is 0.658 bits per heavy atom. The molecule has 0 fully saturated rings. The van der Waals surface area contributed by atoms with E-state index >= 15 is 30.7 Å². The monoisotopic (exact) mass is 972 g/mol. The molecule has 14 rings (SSSR count). The minimum Gasteiger partial charge on any atom is -0.309 e. The minimum atomic E-state index is -5.41. The molecular formula is C61H32F8N4. The van der Waals surface area contributed by atoms with Crippen molar-refractivity contribution in [1.82, 2.24) is 18.3 Å². The Morgan fingerprint density at radius 1 is 0.301 bits per heavy atom. The van der Waals surface area contributed by atoms with Gasteiger partial charge in [0.25, 0.3) is 0 Å². The molecule has 10 aromatic carbocycles. The van der Waals surface area contributed by atoms with E-state index < -0.39 is 52.0 Å². The normalized spacial score (nSPS) is 12.4. The van der Waals surface area contributed by atoms with Crippen molar-refractivity contribution in [1.29, 1.82) is 0 Å². The fraction of sp³-hybridized carbons (Fsp3) is 0.0164. The Labute approximate surface area is 408 Å². The molecule has 4 aromatic heterocycles. The van der Waals surface area contributed by atoms with Crippen LogP contribution < -0.4 is 0 Å². The standard InChI is InChI=1S/C61H32F8N4/c62-54-53(55(63)57(65)58(66)56(54)64)41-31-49(72-43-23-11-7-19-35(43)37-27-29-47-51(59(37)72)39-21-9-13-25-45(39)70(47)33-15-3-1-4-16-33)50(32-42(41)61(67,68)69)73-44-24-12-8-20-36(44)38-28-30-48-52(60(38)73)40-22-10-14-26-46(40)71(48)34-17-5-2-6-18-34/h1-32H. The summed E-state index contributed by atoms with van der Waals surface area (Å²) in [6.07, 6.45) is -5.41. The zero-order chi connectivity index (χ0) is 49.6. The number of nitrogens with zero attached hydrogens (tertiary/aromatic N) is 4. The molecule has 4 nitrogen and oxygen atoms in total. The molecule has 0 bridgehead atoms. The summed E-state index contributed by atoms with van der Waals surface area (Å²) in [5.74, 6) is -12.0. The third kappa shape index (κ3) is 5.88. The van der Waals surface area contributed by atoms with Gasteiger partial charge in [0.05, 0.1) is 66.6 Å². The van der Waals surface area contributed by atoms with E-state index in [2.05, 4.69) is 9.13 Å². The van der Waals surface area contributed by atoms with Crippen LogP contribution in [0.5, 0.6) is 0 Å². The fourth-order valence-electron chi connectivity index (χ4n) is 11.4. The van der Waals surface area contributed by atoms with Gasteiger partial charge in [0.2, 0.25) is 5.82 Å². The van der Waals surface area contributed by atoms with Crippen LogP contribution in [-0.2, 0) is 6.18 Å². The van der Waals surface area contributed by atoms with Crippen LogP contribution in [-0.4, -0.2) is 18.3 Å². The van der Waals surface area contributed by atoms with E-state index in [-0.39, 0.29) is 11.4 Å². The lowest BCUT2D eigenvalue weighted by Crippen LogP contribution is -2.14. The van der Waals surface area contributed by atoms with Crippen molar-refractivity contribution in [3.05, 3.63) is 229 Å². The molecule has 352 valence electrons. The lowest BCUT2D eigenvalue weighted by atomic mass is 9.95. The molecule has 0 N–H and O–H groups in total. The van der Waals surface area contributed by atoms with Crippen LogP contribution in [0.1, 0.15) is 5.56 Å². The number of fused-ring (bicyclic) bond motifs is 14. The van der Waals surface area contributed by atoms with Gasteiger partial charge in [-0.3, -0.25) is 0 Å². The first-order chi connectivity index (χ1) is 35.5. The number of aromatic nitrogens is 4. The first-order valence-corrected chi connectivity index (χ1v) is 23.3. The lowest BCUT2D eigenvalue weighted by molar-refractivity contribution is -0.137. The smallest absolute Gasteiger partial charge is 0.309 e. The van der Waals surface area contributed by atoms with E-state index in [0.717, 1.165) is 56.3 Å². The average Bonchev–Trinajstić information content (AvgIpc) is 4.15. The quantitative estimate of drug-likeness (QED) is 0.0930. The molecule has 0 spiro atoms. The highest BCUT2D eigenvalue weighted by atomic mass is 19.4. The molecule has 4 heterocycles. The van der Waals surface area contributed by atoms with Crippen molar-refractivity contribution < 1.29 is 35.1 Å². The average molecular weight is 973 g/mol. The summed E-state index contributed by atoms with van der Waals surface area (Å²) in [5, 5.41) is 5.75. The van der Waals surface area contributed by atoms with E-state index in [1.165, 1.54) is 0 Å². The summed E-state index contributed by atoms with van der Waals surface area (Å²) < 4.78 is 134. The van der Waals surface area contributed by atoms with Gasteiger partial charge in [-0.25, -0.2) is 22.0 Å². The largest absolute Gasteiger partial charge is 0.417 e. The highest BCUT2D eigenvalue weighted by molar-refractivity contribution is 6.28. The van der Waals surface area contributed by atoms with Gasteiger partial charge < -0.3 is 18.3 Å². The summed E-state index contributed by atoms with van der Waals surface area (Å²) in [5.41, 5.74) is 2.16. The maximum atomic E-state index is 16.3. The van der Waals surface area contributed by atoms with E-state index in [1.54, 1.807) is 33.4 Å². The van der Waals surface area contributed by atoms with Crippen molar-refractivity contribution in [3.8, 4) is 33.9 Å². The predicted octanol–water partition coefficient (Wildman–Crippen LogP) is 17.5. The molecule has 0 atom stereocenters. The number of rotatable bonds is 5. The van der Waals surface area contributed by atoms with Crippen molar-refractivity contribution in [2.45, 2.75) is 6.18 Å². The van der Waals surface area contributed by atoms with Gasteiger partial charge in [-0.05, 0) is 72.8 Å². The fourth-order valence-corrected chi connectivity index (χ4v) is 11.4. The number of benzene rings is 10. The highest BCUT2D eigenvalue weighted by Crippen LogP contribution is 2.50. The van der Waals surface area contributed by atoms with Gasteiger partial charge in [-0.1, -0.05) is 121 Å². The first kappa shape index (κ1) is 42.7. The highest BCUT2D eigenvalue weighted by Gasteiger charge is 2.39. The topological polar surface area (TPSA) is 19.7 Å². The van der Waals surface area contributed by atoms with Crippen LogP contribution in [0.4, 0.5) is 35.1 Å². The zero-order valence-electron chi connectivity index (χ0n) is 37.8. The second-order valence-electron chi connectivity index (χ2n) is 18.1. The molecule has 73 heavy (non-hydrogen) atoms. The van der Waals surface area contributed by atoms with Crippen molar-refractivity contribution >= 4 is 87.2 Å². The molecule has 0 radical (unpaired) electrons. The van der Waals surface area contributed by atoms with Crippen LogP contribution in [0.2, 0.25) is 0 Å². The molecule has 0 unspecified atom stereocenters. The number of hydrogen-bond donors (Lipinski definition) is 0. The summed E-state index contributed by atoms with van der Waals surface area (Å²) in [6, 6.07) is 59.0. The summed E-state index contributed by atoms with van der Waals surface area (Å²) in [4.78, 5) is 0. The van der Waals surface area contributed by atoms with Gasteiger partial charge in [0.1, 0.15) is 0 Å². The maximum absolute atomic E-state index is 16.3. The van der Waals surface area contributed by atoms with Crippen LogP contribution in [0.3, 0.4) is 0 Å². The molecule has 0 saturated heterocycles. The van der Waals surface area contributed by atoms with Gasteiger partial charge in [0.15, 0.2) is 23.3 Å². The Morgan fingerprint density at radius 3 is 1.08 bits per heavy atom. The second-order valence-corrected chi connectivity index (χ2v) is 18.1. The number of hydrogen-bond acceptors (Lipinski definition) is 0. The minimum absolute atomic E-state index is 0.0337. The molecule has 0 aliphatic heterocycles. The summed E-state index contributed by atoms with van der Waals surface area (Å²) >= 11 is 0. The SMILES string of the molecule is Fc1c(F)c(F)c(-c2cc(-n3c4ccccc4c4ccc5c(c6ccccc6n5-c5ccccc5)c43)c(-n3c4ccccc4c4ccc5c(c6ccccc6n5-c5ccccc5)c43)cc2C(F)(F)F)c(F)c1F. The van der Waals surface area contributed by atoms with Crippen LogP contribution in [0.15, 0.2) is 194 Å². The van der Waals surface area contributed by atoms with E-state index in [1.807, 2.05) is 158 Å². The van der Waals surface area contributed by atoms with Gasteiger partial charge in [-0.2, -0.15) is 13.2 Å². The van der Waals surface area contributed by atoms with Crippen molar-refractivity contribution in [2.24, 2.45) is 0 Å². The number of alkyl halides is 3. The third-order valence-corrected chi connectivity index (χ3v) is 14.3. The molecule has 0 aliphatic rings. The molecule has 14 aromatic rings. The second kappa shape index (κ2) is 15.4. The summed E-state index contributed by atoms with van der Waals surface area (Å²) in [6.45, 7) is 0. The number of para-hydroxylation sites is 6. The molecule has 0 aliphatic carbocycles. The number of halogens is 8. The third-order valence-electron chi connectivity index (χ3n) is 14.3. The Balaban J connectivity index is 1.25. The van der Waals surface area contributed by atoms with Gasteiger partial charge in [-0.15, -0.1) is 0 Å². The first-order valence-electron chi connectivity index (χ1n) is 23.3. The van der Waals surface area contributed by atoms with Crippen LogP contribution in [0, 0.1) is 29.1 Å². The Hall–Kier alpha value is -9.16. The Bertz CT molecular complexity index is 4630. The van der Waals surface area contributed by atoms with Crippen molar-refractivity contribution in [3.63, 3.8) is 0 Å². The Kier molecular flexibility index (Phi) is 9.02. The van der Waals surface area contributed by atoms with Crippen molar-refractivity contribution in [2.75, 3.05) is 0 Å². The summed E-state index contributed by atoms with van der Waals surface area (Å²) in [7, 11) is 0. The van der Waals surface area contributed by atoms with E-state index in [4.69, 9.17) is 0 Å². The van der Waals surface area contributed by atoms with E-state index in [0.29, 0.717) is 54.4 Å². The molecule has 12 heteroatoms. The maximum Gasteiger partial charge on any atom is 0.417 e.